The molecule has 0 saturated carbocycles. The van der Waals surface area contributed by atoms with Gasteiger partial charge in [-0.05, 0) is 61.5 Å². The van der Waals surface area contributed by atoms with Crippen LogP contribution in [0.5, 0.6) is 5.75 Å². The minimum atomic E-state index is -0.792. The maximum atomic E-state index is 13.9. The van der Waals surface area contributed by atoms with Gasteiger partial charge in [0.2, 0.25) is 5.91 Å². The lowest BCUT2D eigenvalue weighted by atomic mass is 9.96. The predicted molar refractivity (Wildman–Crippen MR) is 131 cm³/mol. The first-order valence-corrected chi connectivity index (χ1v) is 12.2. The number of piperazine rings is 1. The average Bonchev–Trinajstić information content (AvgIpc) is 2.82. The second-order valence-electron chi connectivity index (χ2n) is 9.42. The fourth-order valence-electron chi connectivity index (χ4n) is 4.54. The number of carbonyl (C=O) groups is 1. The molecule has 2 saturated heterocycles. The topological polar surface area (TPSA) is 45.3 Å². The fraction of sp³-hybridized carbons (Fsp3) is 0.500. The molecule has 2 aliphatic rings. The van der Waals surface area contributed by atoms with Gasteiger partial charge in [-0.15, -0.1) is 0 Å². The molecule has 0 radical (unpaired) electrons. The Kier molecular flexibility index (Phi) is 8.09. The summed E-state index contributed by atoms with van der Waals surface area (Å²) in [5, 5.41) is 0.637. The van der Waals surface area contributed by atoms with Crippen LogP contribution >= 0.6 is 11.6 Å². The summed E-state index contributed by atoms with van der Waals surface area (Å²) in [6.07, 6.45) is 0.239. The number of benzene rings is 2. The van der Waals surface area contributed by atoms with Crippen molar-refractivity contribution in [2.75, 3.05) is 59.5 Å². The van der Waals surface area contributed by atoms with Gasteiger partial charge >= 0.3 is 0 Å². The van der Waals surface area contributed by atoms with Crippen LogP contribution in [0.15, 0.2) is 42.5 Å². The zero-order chi connectivity index (χ0) is 24.1. The molecule has 34 heavy (non-hydrogen) atoms. The van der Waals surface area contributed by atoms with E-state index in [1.165, 1.54) is 6.07 Å². The van der Waals surface area contributed by atoms with Crippen molar-refractivity contribution in [1.82, 2.24) is 14.7 Å². The summed E-state index contributed by atoms with van der Waals surface area (Å²) in [4.78, 5) is 19.7. The van der Waals surface area contributed by atoms with E-state index >= 15 is 0 Å². The Morgan fingerprint density at radius 2 is 1.85 bits per heavy atom. The molecule has 2 fully saturated rings. The Hall–Kier alpha value is -2.19. The lowest BCUT2D eigenvalue weighted by molar-refractivity contribution is -0.157. The van der Waals surface area contributed by atoms with E-state index in [2.05, 4.69) is 16.8 Å². The Bertz CT molecular complexity index is 982. The Morgan fingerprint density at radius 1 is 1.12 bits per heavy atom. The number of morpholine rings is 1. The van der Waals surface area contributed by atoms with Crippen molar-refractivity contribution in [3.05, 3.63) is 64.4 Å². The molecule has 1 atom stereocenters. The summed E-state index contributed by atoms with van der Waals surface area (Å²) in [5.41, 5.74) is 1.20. The number of likely N-dealkylation sites (N-methyl/N-ethyl adjacent to an activating group) is 1. The van der Waals surface area contributed by atoms with E-state index in [4.69, 9.17) is 21.1 Å². The standard InChI is InChI=1S/C26H33ClFN3O3/c1-20-3-6-23(28)15-21(20)17-30-13-14-34-26(18-30,19-33-24-7-4-22(27)5-8-24)16-25(32)31-11-9-29(2)10-12-31/h3-8,15H,9-14,16-19H2,1-2H3. The van der Waals surface area contributed by atoms with E-state index in [9.17, 15) is 9.18 Å². The second-order valence-corrected chi connectivity index (χ2v) is 9.85. The number of amides is 1. The first-order valence-electron chi connectivity index (χ1n) is 11.8. The minimum absolute atomic E-state index is 0.0802. The molecule has 0 bridgehead atoms. The molecule has 0 aromatic heterocycles. The van der Waals surface area contributed by atoms with E-state index in [-0.39, 0.29) is 24.8 Å². The number of carbonyl (C=O) groups excluding carboxylic acids is 1. The summed E-state index contributed by atoms with van der Waals surface area (Å²) in [5.74, 6) is 0.519. The summed E-state index contributed by atoms with van der Waals surface area (Å²) >= 11 is 6.01. The minimum Gasteiger partial charge on any atom is -0.491 e. The van der Waals surface area contributed by atoms with Gasteiger partial charge in [0, 0.05) is 50.8 Å². The van der Waals surface area contributed by atoms with Crippen LogP contribution in [0.2, 0.25) is 5.02 Å². The Balaban J connectivity index is 1.50. The van der Waals surface area contributed by atoms with Gasteiger partial charge in [0.1, 0.15) is 23.8 Å². The van der Waals surface area contributed by atoms with E-state index in [0.717, 1.165) is 37.3 Å². The molecule has 1 unspecified atom stereocenters. The highest BCUT2D eigenvalue weighted by Gasteiger charge is 2.41. The Morgan fingerprint density at radius 3 is 2.59 bits per heavy atom. The third-order valence-electron chi connectivity index (χ3n) is 6.68. The number of rotatable bonds is 7. The molecular weight excluding hydrogens is 457 g/mol. The number of ether oxygens (including phenoxy) is 2. The predicted octanol–water partition coefficient (Wildman–Crippen LogP) is 3.60. The van der Waals surface area contributed by atoms with Crippen LogP contribution < -0.4 is 4.74 Å². The SMILES string of the molecule is Cc1ccc(F)cc1CN1CCOC(COc2ccc(Cl)cc2)(CC(=O)N2CCN(C)CC2)C1. The van der Waals surface area contributed by atoms with Crippen molar-refractivity contribution in [2.45, 2.75) is 25.5 Å². The molecule has 0 spiro atoms. The van der Waals surface area contributed by atoms with Gasteiger partial charge in [0.15, 0.2) is 0 Å². The Labute approximate surface area is 206 Å². The monoisotopic (exact) mass is 489 g/mol. The number of hydrogen-bond donors (Lipinski definition) is 0. The first kappa shape index (κ1) is 24.9. The maximum absolute atomic E-state index is 13.9. The molecule has 8 heteroatoms. The van der Waals surface area contributed by atoms with Gasteiger partial charge in [-0.2, -0.15) is 0 Å². The molecule has 6 nitrogen and oxygen atoms in total. The van der Waals surface area contributed by atoms with Crippen LogP contribution in [0, 0.1) is 12.7 Å². The largest absolute Gasteiger partial charge is 0.491 e. The van der Waals surface area contributed by atoms with E-state index in [1.807, 2.05) is 24.0 Å². The summed E-state index contributed by atoms with van der Waals surface area (Å²) in [6.45, 7) is 7.71. The third-order valence-corrected chi connectivity index (χ3v) is 6.93. The van der Waals surface area contributed by atoms with Gasteiger partial charge in [0.05, 0.1) is 13.0 Å². The van der Waals surface area contributed by atoms with E-state index in [1.54, 1.807) is 24.3 Å². The molecule has 2 heterocycles. The van der Waals surface area contributed by atoms with Gasteiger partial charge in [-0.1, -0.05) is 17.7 Å². The van der Waals surface area contributed by atoms with Crippen molar-refractivity contribution in [3.63, 3.8) is 0 Å². The highest BCUT2D eigenvalue weighted by Crippen LogP contribution is 2.27. The van der Waals surface area contributed by atoms with Gasteiger partial charge in [0.25, 0.3) is 0 Å². The van der Waals surface area contributed by atoms with E-state index in [0.29, 0.717) is 37.0 Å². The lowest BCUT2D eigenvalue weighted by Crippen LogP contribution is -2.58. The lowest BCUT2D eigenvalue weighted by Gasteiger charge is -2.43. The maximum Gasteiger partial charge on any atom is 0.225 e. The van der Waals surface area contributed by atoms with Crippen LogP contribution in [-0.2, 0) is 16.1 Å². The molecule has 1 amide bonds. The quantitative estimate of drug-likeness (QED) is 0.594. The first-order chi connectivity index (χ1) is 16.3. The molecule has 2 aliphatic heterocycles. The third kappa shape index (κ3) is 6.48. The number of nitrogens with zero attached hydrogens (tertiary/aromatic N) is 3. The van der Waals surface area contributed by atoms with Gasteiger partial charge < -0.3 is 19.3 Å². The molecule has 2 aromatic carbocycles. The molecular formula is C26H33ClFN3O3. The smallest absolute Gasteiger partial charge is 0.225 e. The van der Waals surface area contributed by atoms with Gasteiger partial charge in [-0.25, -0.2) is 4.39 Å². The molecule has 184 valence electrons. The van der Waals surface area contributed by atoms with Crippen LogP contribution in [0.25, 0.3) is 0 Å². The number of halogens is 2. The van der Waals surface area contributed by atoms with Crippen molar-refractivity contribution in [1.29, 1.82) is 0 Å². The number of hydrogen-bond acceptors (Lipinski definition) is 5. The van der Waals surface area contributed by atoms with Gasteiger partial charge in [-0.3, -0.25) is 9.69 Å². The summed E-state index contributed by atoms with van der Waals surface area (Å²) in [7, 11) is 2.07. The van der Waals surface area contributed by atoms with Crippen molar-refractivity contribution < 1.29 is 18.7 Å². The highest BCUT2D eigenvalue weighted by molar-refractivity contribution is 6.30. The second kappa shape index (κ2) is 11.0. The molecule has 0 aliphatic carbocycles. The van der Waals surface area contributed by atoms with Crippen LogP contribution in [-0.4, -0.2) is 85.7 Å². The molecule has 2 aromatic rings. The van der Waals surface area contributed by atoms with E-state index < -0.39 is 5.60 Å². The van der Waals surface area contributed by atoms with Crippen molar-refractivity contribution >= 4 is 17.5 Å². The van der Waals surface area contributed by atoms with Crippen molar-refractivity contribution in [2.24, 2.45) is 0 Å². The van der Waals surface area contributed by atoms with Crippen LogP contribution in [0.3, 0.4) is 0 Å². The zero-order valence-corrected chi connectivity index (χ0v) is 20.7. The zero-order valence-electron chi connectivity index (χ0n) is 19.9. The molecule has 4 rings (SSSR count). The average molecular weight is 490 g/mol. The molecule has 0 N–H and O–H groups in total. The summed E-state index contributed by atoms with van der Waals surface area (Å²) < 4.78 is 26.3. The summed E-state index contributed by atoms with van der Waals surface area (Å²) in [6, 6.07) is 12.1. The normalized spacial score (nSPS) is 22.1. The number of aryl methyl sites for hydroxylation is 1. The van der Waals surface area contributed by atoms with Crippen LogP contribution in [0.1, 0.15) is 17.5 Å². The van der Waals surface area contributed by atoms with Crippen LogP contribution in [0.4, 0.5) is 4.39 Å². The highest BCUT2D eigenvalue weighted by atomic mass is 35.5. The van der Waals surface area contributed by atoms with Crippen molar-refractivity contribution in [3.8, 4) is 5.75 Å². The fourth-order valence-corrected chi connectivity index (χ4v) is 4.67.